The molecule has 0 saturated heterocycles. The third-order valence-corrected chi connectivity index (χ3v) is 2.88. The summed E-state index contributed by atoms with van der Waals surface area (Å²) in [5.74, 6) is -0.333. The number of nitro benzene ring substituents is 1. The number of aryl methyl sites for hydroxylation is 1. The number of nitro groups is 1. The lowest BCUT2D eigenvalue weighted by molar-refractivity contribution is -0.383. The number of anilines is 1. The maximum atomic E-state index is 11.9. The summed E-state index contributed by atoms with van der Waals surface area (Å²) in [5, 5.41) is 17.5. The summed E-state index contributed by atoms with van der Waals surface area (Å²) in [7, 11) is 0. The summed E-state index contributed by atoms with van der Waals surface area (Å²) in [6, 6.07) is 3.90. The van der Waals surface area contributed by atoms with Gasteiger partial charge in [-0.2, -0.15) is 5.10 Å². The lowest BCUT2D eigenvalue weighted by Gasteiger charge is -2.06. The number of nitrogens with zero attached hydrogens (tertiary/aromatic N) is 3. The molecule has 2 aromatic rings. The lowest BCUT2D eigenvalue weighted by Crippen LogP contribution is -2.27. The van der Waals surface area contributed by atoms with E-state index in [0.717, 1.165) is 5.56 Å². The van der Waals surface area contributed by atoms with Gasteiger partial charge in [0.2, 0.25) is 0 Å². The molecule has 0 aliphatic rings. The van der Waals surface area contributed by atoms with Crippen LogP contribution < -0.4 is 11.1 Å². The number of carbonyl (C=O) groups is 1. The van der Waals surface area contributed by atoms with Gasteiger partial charge in [-0.1, -0.05) is 0 Å². The molecule has 8 nitrogen and oxygen atoms in total. The summed E-state index contributed by atoms with van der Waals surface area (Å²) in [4.78, 5) is 22.0. The van der Waals surface area contributed by atoms with Crippen LogP contribution in [0.15, 0.2) is 30.6 Å². The van der Waals surface area contributed by atoms with E-state index in [4.69, 9.17) is 5.73 Å². The maximum absolute atomic E-state index is 11.9. The Kier molecular flexibility index (Phi) is 4.17. The highest BCUT2D eigenvalue weighted by molar-refractivity contribution is 5.95. The van der Waals surface area contributed by atoms with Gasteiger partial charge in [0.1, 0.15) is 5.69 Å². The summed E-state index contributed by atoms with van der Waals surface area (Å²) >= 11 is 0. The Bertz CT molecular complexity index is 680. The first-order chi connectivity index (χ1) is 9.97. The van der Waals surface area contributed by atoms with Crippen molar-refractivity contribution in [2.24, 2.45) is 0 Å². The molecule has 0 bridgehead atoms. The number of benzene rings is 1. The normalized spacial score (nSPS) is 10.3. The zero-order valence-corrected chi connectivity index (χ0v) is 11.4. The number of aromatic nitrogens is 2. The first-order valence-corrected chi connectivity index (χ1v) is 6.28. The highest BCUT2D eigenvalue weighted by atomic mass is 16.6. The molecule has 0 unspecified atom stereocenters. The molecular weight excluding hydrogens is 274 g/mol. The third kappa shape index (κ3) is 3.56. The SMILES string of the molecule is Cc1cnn(CCNC(=O)c2ccc([N+](=O)[O-])c(N)c2)c1. The fourth-order valence-corrected chi connectivity index (χ4v) is 1.84. The summed E-state index contributed by atoms with van der Waals surface area (Å²) in [6.45, 7) is 2.88. The fourth-order valence-electron chi connectivity index (χ4n) is 1.84. The average molecular weight is 289 g/mol. The standard InChI is InChI=1S/C13H15N5O3/c1-9-7-16-17(8-9)5-4-15-13(19)10-2-3-12(18(20)21)11(14)6-10/h2-3,6-8H,4-5,14H2,1H3,(H,15,19). The molecule has 1 amide bonds. The second-order valence-corrected chi connectivity index (χ2v) is 4.57. The van der Waals surface area contributed by atoms with E-state index in [0.29, 0.717) is 13.1 Å². The number of nitrogens with one attached hydrogen (secondary N) is 1. The number of carbonyl (C=O) groups excluding carboxylic acids is 1. The van der Waals surface area contributed by atoms with Crippen LogP contribution in [0.4, 0.5) is 11.4 Å². The van der Waals surface area contributed by atoms with Crippen molar-refractivity contribution < 1.29 is 9.72 Å². The van der Waals surface area contributed by atoms with E-state index >= 15 is 0 Å². The Balaban J connectivity index is 1.94. The van der Waals surface area contributed by atoms with E-state index in [9.17, 15) is 14.9 Å². The summed E-state index contributed by atoms with van der Waals surface area (Å²) < 4.78 is 1.72. The van der Waals surface area contributed by atoms with Crippen LogP contribution in [0.1, 0.15) is 15.9 Å². The van der Waals surface area contributed by atoms with Gasteiger partial charge in [-0.3, -0.25) is 19.6 Å². The van der Waals surface area contributed by atoms with E-state index in [1.807, 2.05) is 13.1 Å². The zero-order valence-electron chi connectivity index (χ0n) is 11.4. The fraction of sp³-hybridized carbons (Fsp3) is 0.231. The van der Waals surface area contributed by atoms with Gasteiger partial charge < -0.3 is 11.1 Å². The average Bonchev–Trinajstić information content (AvgIpc) is 2.83. The van der Waals surface area contributed by atoms with Crippen molar-refractivity contribution in [1.82, 2.24) is 15.1 Å². The second kappa shape index (κ2) is 6.04. The molecule has 0 saturated carbocycles. The van der Waals surface area contributed by atoms with Gasteiger partial charge in [0.25, 0.3) is 11.6 Å². The molecule has 0 radical (unpaired) electrons. The van der Waals surface area contributed by atoms with Crippen LogP contribution in [0.5, 0.6) is 0 Å². The van der Waals surface area contributed by atoms with E-state index in [1.165, 1.54) is 18.2 Å². The minimum absolute atomic E-state index is 0.0321. The monoisotopic (exact) mass is 289 g/mol. The third-order valence-electron chi connectivity index (χ3n) is 2.88. The van der Waals surface area contributed by atoms with Crippen molar-refractivity contribution in [3.05, 3.63) is 51.8 Å². The molecule has 21 heavy (non-hydrogen) atoms. The van der Waals surface area contributed by atoms with Gasteiger partial charge in [-0.25, -0.2) is 0 Å². The first-order valence-electron chi connectivity index (χ1n) is 6.28. The summed E-state index contributed by atoms with van der Waals surface area (Å²) in [6.07, 6.45) is 3.61. The van der Waals surface area contributed by atoms with Crippen molar-refractivity contribution in [3.8, 4) is 0 Å². The number of hydrogen-bond donors (Lipinski definition) is 2. The van der Waals surface area contributed by atoms with Gasteiger partial charge in [-0.05, 0) is 24.6 Å². The number of rotatable bonds is 5. The van der Waals surface area contributed by atoms with Crippen molar-refractivity contribution >= 4 is 17.3 Å². The maximum Gasteiger partial charge on any atom is 0.292 e. The molecule has 2 rings (SSSR count). The predicted molar refractivity (Wildman–Crippen MR) is 76.8 cm³/mol. The second-order valence-electron chi connectivity index (χ2n) is 4.57. The van der Waals surface area contributed by atoms with Crippen LogP contribution in [0.25, 0.3) is 0 Å². The van der Waals surface area contributed by atoms with E-state index in [1.54, 1.807) is 10.9 Å². The van der Waals surface area contributed by atoms with Gasteiger partial charge in [0, 0.05) is 24.4 Å². The number of nitrogens with two attached hydrogens (primary N) is 1. The molecule has 1 aromatic carbocycles. The van der Waals surface area contributed by atoms with Crippen LogP contribution in [0, 0.1) is 17.0 Å². The molecule has 3 N–H and O–H groups in total. The molecule has 1 aromatic heterocycles. The molecule has 110 valence electrons. The zero-order chi connectivity index (χ0) is 15.4. The van der Waals surface area contributed by atoms with Crippen LogP contribution in [0.2, 0.25) is 0 Å². The van der Waals surface area contributed by atoms with Gasteiger partial charge in [0.05, 0.1) is 17.7 Å². The van der Waals surface area contributed by atoms with Crippen molar-refractivity contribution in [2.45, 2.75) is 13.5 Å². The highest BCUT2D eigenvalue weighted by Gasteiger charge is 2.14. The highest BCUT2D eigenvalue weighted by Crippen LogP contribution is 2.21. The van der Waals surface area contributed by atoms with Gasteiger partial charge in [-0.15, -0.1) is 0 Å². The Labute approximate surface area is 120 Å². The number of amides is 1. The van der Waals surface area contributed by atoms with Crippen LogP contribution in [-0.4, -0.2) is 27.2 Å². The van der Waals surface area contributed by atoms with Gasteiger partial charge >= 0.3 is 0 Å². The largest absolute Gasteiger partial charge is 0.393 e. The number of hydrogen-bond acceptors (Lipinski definition) is 5. The van der Waals surface area contributed by atoms with Gasteiger partial charge in [0.15, 0.2) is 0 Å². The molecule has 0 aliphatic carbocycles. The Morgan fingerprint density at radius 3 is 2.86 bits per heavy atom. The van der Waals surface area contributed by atoms with Crippen LogP contribution in [0.3, 0.4) is 0 Å². The molecule has 0 aliphatic heterocycles. The van der Waals surface area contributed by atoms with Crippen molar-refractivity contribution in [3.63, 3.8) is 0 Å². The lowest BCUT2D eigenvalue weighted by atomic mass is 10.1. The van der Waals surface area contributed by atoms with Crippen molar-refractivity contribution in [1.29, 1.82) is 0 Å². The van der Waals surface area contributed by atoms with Crippen molar-refractivity contribution in [2.75, 3.05) is 12.3 Å². The minimum Gasteiger partial charge on any atom is -0.393 e. The summed E-state index contributed by atoms with van der Waals surface area (Å²) in [5.41, 5.74) is 6.64. The Morgan fingerprint density at radius 2 is 2.29 bits per heavy atom. The van der Waals surface area contributed by atoms with Crippen LogP contribution >= 0.6 is 0 Å². The topological polar surface area (TPSA) is 116 Å². The quantitative estimate of drug-likeness (QED) is 0.486. The Morgan fingerprint density at radius 1 is 1.52 bits per heavy atom. The molecular formula is C13H15N5O3. The minimum atomic E-state index is -0.586. The molecule has 0 fully saturated rings. The van der Waals surface area contributed by atoms with E-state index in [-0.39, 0.29) is 22.8 Å². The molecule has 1 heterocycles. The first kappa shape index (κ1) is 14.5. The smallest absolute Gasteiger partial charge is 0.292 e. The molecule has 8 heteroatoms. The van der Waals surface area contributed by atoms with E-state index in [2.05, 4.69) is 10.4 Å². The Hall–Kier alpha value is -2.90. The molecule has 0 spiro atoms. The molecule has 0 atom stereocenters. The number of nitrogen functional groups attached to an aromatic ring is 1. The van der Waals surface area contributed by atoms with Crippen LogP contribution in [-0.2, 0) is 6.54 Å². The predicted octanol–water partition coefficient (Wildman–Crippen LogP) is 1.11. The van der Waals surface area contributed by atoms with E-state index < -0.39 is 4.92 Å².